The second kappa shape index (κ2) is 5.32. The van der Waals surface area contributed by atoms with Gasteiger partial charge in [-0.25, -0.2) is 0 Å². The van der Waals surface area contributed by atoms with Crippen LogP contribution in [0.2, 0.25) is 5.02 Å². The molecule has 1 aliphatic rings. The Bertz CT molecular complexity index is 428. The molecule has 1 aromatic rings. The van der Waals surface area contributed by atoms with E-state index in [0.717, 1.165) is 6.42 Å². The zero-order valence-corrected chi connectivity index (χ0v) is 10.2. The lowest BCUT2D eigenvalue weighted by molar-refractivity contribution is -0.118. The number of hydrogen-bond acceptors (Lipinski definition) is 2. The van der Waals surface area contributed by atoms with Gasteiger partial charge in [0.2, 0.25) is 0 Å². The predicted molar refractivity (Wildman–Crippen MR) is 66.2 cm³/mol. The highest BCUT2D eigenvalue weighted by molar-refractivity contribution is 6.30. The molecule has 1 heterocycles. The lowest BCUT2D eigenvalue weighted by Gasteiger charge is -2.19. The fourth-order valence-electron chi connectivity index (χ4n) is 1.94. The third-order valence-corrected chi connectivity index (χ3v) is 3.17. The summed E-state index contributed by atoms with van der Waals surface area (Å²) in [6.45, 7) is 1.19. The van der Waals surface area contributed by atoms with E-state index in [1.165, 1.54) is 0 Å². The van der Waals surface area contributed by atoms with E-state index in [2.05, 4.69) is 0 Å². The third kappa shape index (κ3) is 3.07. The van der Waals surface area contributed by atoms with Crippen molar-refractivity contribution in [3.63, 3.8) is 0 Å². The van der Waals surface area contributed by atoms with Gasteiger partial charge in [0, 0.05) is 36.5 Å². The first-order chi connectivity index (χ1) is 8.16. The molecule has 3 nitrogen and oxygen atoms in total. The number of hydrogen-bond donors (Lipinski definition) is 0. The van der Waals surface area contributed by atoms with Gasteiger partial charge in [-0.2, -0.15) is 0 Å². The highest BCUT2D eigenvalue weighted by Gasteiger charge is 2.19. The van der Waals surface area contributed by atoms with Gasteiger partial charge < -0.3 is 4.90 Å². The minimum atomic E-state index is -0.0173. The van der Waals surface area contributed by atoms with E-state index in [9.17, 15) is 9.59 Å². The Hall–Kier alpha value is -1.35. The molecule has 90 valence electrons. The summed E-state index contributed by atoms with van der Waals surface area (Å²) in [5, 5.41) is 0.618. The fraction of sp³-hybridized carbons (Fsp3) is 0.385. The number of amides is 1. The quantitative estimate of drug-likeness (QED) is 0.769. The van der Waals surface area contributed by atoms with E-state index >= 15 is 0 Å². The number of ketones is 1. The number of nitrogens with zero attached hydrogens (tertiary/aromatic N) is 1. The van der Waals surface area contributed by atoms with Crippen LogP contribution in [0.4, 0.5) is 0 Å². The smallest absolute Gasteiger partial charge is 0.253 e. The maximum Gasteiger partial charge on any atom is 0.253 e. The van der Waals surface area contributed by atoms with Crippen LogP contribution in [0.1, 0.15) is 29.6 Å². The molecule has 1 aromatic carbocycles. The summed E-state index contributed by atoms with van der Waals surface area (Å²) in [6, 6.07) is 6.85. The SMILES string of the molecule is O=C1CCCN(C(=O)c2ccc(Cl)cc2)CC1. The van der Waals surface area contributed by atoms with Crippen LogP contribution in [0.3, 0.4) is 0 Å². The van der Waals surface area contributed by atoms with Crippen LogP contribution in [0.25, 0.3) is 0 Å². The van der Waals surface area contributed by atoms with E-state index in [1.54, 1.807) is 29.2 Å². The molecular weight excluding hydrogens is 238 g/mol. The van der Waals surface area contributed by atoms with Gasteiger partial charge in [-0.3, -0.25) is 9.59 Å². The Kier molecular flexibility index (Phi) is 3.79. The molecule has 0 aromatic heterocycles. The van der Waals surface area contributed by atoms with E-state index in [-0.39, 0.29) is 11.7 Å². The lowest BCUT2D eigenvalue weighted by atomic mass is 10.2. The van der Waals surface area contributed by atoms with Crippen LogP contribution >= 0.6 is 11.6 Å². The predicted octanol–water partition coefficient (Wildman–Crippen LogP) is 2.54. The summed E-state index contributed by atoms with van der Waals surface area (Å²) >= 11 is 5.78. The largest absolute Gasteiger partial charge is 0.338 e. The van der Waals surface area contributed by atoms with Gasteiger partial charge in [0.15, 0.2) is 0 Å². The average molecular weight is 252 g/mol. The van der Waals surface area contributed by atoms with Crippen LogP contribution in [-0.2, 0) is 4.79 Å². The Labute approximate surface area is 105 Å². The van der Waals surface area contributed by atoms with Crippen molar-refractivity contribution in [3.05, 3.63) is 34.9 Å². The lowest BCUT2D eigenvalue weighted by Crippen LogP contribution is -2.31. The average Bonchev–Trinajstić information content (AvgIpc) is 2.54. The summed E-state index contributed by atoms with van der Waals surface area (Å²) in [5.74, 6) is 0.229. The van der Waals surface area contributed by atoms with Crippen molar-refractivity contribution in [3.8, 4) is 0 Å². The minimum Gasteiger partial charge on any atom is -0.338 e. The molecule has 1 fully saturated rings. The van der Waals surface area contributed by atoms with Gasteiger partial charge in [-0.05, 0) is 30.7 Å². The summed E-state index contributed by atoms with van der Waals surface area (Å²) in [4.78, 5) is 25.2. The number of Topliss-reactive ketones (excluding diaryl/α,β-unsaturated/α-hetero) is 1. The van der Waals surface area contributed by atoms with Crippen molar-refractivity contribution in [2.45, 2.75) is 19.3 Å². The first kappa shape index (κ1) is 12.1. The second-order valence-corrected chi connectivity index (χ2v) is 4.63. The molecule has 0 spiro atoms. The van der Waals surface area contributed by atoms with Crippen molar-refractivity contribution >= 4 is 23.3 Å². The van der Waals surface area contributed by atoms with E-state index in [1.807, 2.05) is 0 Å². The molecule has 0 atom stereocenters. The van der Waals surface area contributed by atoms with Gasteiger partial charge in [0.25, 0.3) is 5.91 Å². The van der Waals surface area contributed by atoms with Crippen LogP contribution < -0.4 is 0 Å². The fourth-order valence-corrected chi connectivity index (χ4v) is 2.07. The number of carbonyl (C=O) groups is 2. The topological polar surface area (TPSA) is 37.4 Å². The summed E-state index contributed by atoms with van der Waals surface area (Å²) in [5.41, 5.74) is 0.628. The maximum absolute atomic E-state index is 12.1. The number of rotatable bonds is 1. The number of likely N-dealkylation sites (tertiary alicyclic amines) is 1. The molecule has 0 unspecified atom stereocenters. The first-order valence-electron chi connectivity index (χ1n) is 5.73. The Morgan fingerprint density at radius 2 is 1.82 bits per heavy atom. The molecule has 0 aliphatic carbocycles. The van der Waals surface area contributed by atoms with E-state index in [4.69, 9.17) is 11.6 Å². The molecule has 0 radical (unpaired) electrons. The molecule has 17 heavy (non-hydrogen) atoms. The van der Waals surface area contributed by atoms with Crippen molar-refractivity contribution in [1.29, 1.82) is 0 Å². The summed E-state index contributed by atoms with van der Waals surface area (Å²) in [6.07, 6.45) is 1.82. The van der Waals surface area contributed by atoms with Gasteiger partial charge in [0.05, 0.1) is 0 Å². The van der Waals surface area contributed by atoms with Gasteiger partial charge >= 0.3 is 0 Å². The Morgan fingerprint density at radius 3 is 2.53 bits per heavy atom. The van der Waals surface area contributed by atoms with Gasteiger partial charge in [-0.1, -0.05) is 11.6 Å². The molecule has 1 aliphatic heterocycles. The van der Waals surface area contributed by atoms with Crippen molar-refractivity contribution < 1.29 is 9.59 Å². The first-order valence-corrected chi connectivity index (χ1v) is 6.11. The minimum absolute atomic E-state index is 0.0173. The zero-order valence-electron chi connectivity index (χ0n) is 9.49. The van der Waals surface area contributed by atoms with E-state index in [0.29, 0.717) is 36.5 Å². The van der Waals surface area contributed by atoms with E-state index < -0.39 is 0 Å². The molecule has 4 heteroatoms. The molecule has 0 saturated carbocycles. The third-order valence-electron chi connectivity index (χ3n) is 2.92. The van der Waals surface area contributed by atoms with Crippen LogP contribution in [-0.4, -0.2) is 29.7 Å². The van der Waals surface area contributed by atoms with Crippen molar-refractivity contribution in [1.82, 2.24) is 4.90 Å². The number of benzene rings is 1. The Morgan fingerprint density at radius 1 is 1.12 bits per heavy atom. The summed E-state index contributed by atoms with van der Waals surface area (Å²) in [7, 11) is 0. The molecule has 1 amide bonds. The van der Waals surface area contributed by atoms with Gasteiger partial charge in [0.1, 0.15) is 5.78 Å². The standard InChI is InChI=1S/C13H14ClNO2/c14-11-5-3-10(4-6-11)13(17)15-8-1-2-12(16)7-9-15/h3-6H,1-2,7-9H2. The van der Waals surface area contributed by atoms with Crippen LogP contribution in [0, 0.1) is 0 Å². The zero-order chi connectivity index (χ0) is 12.3. The molecular formula is C13H14ClNO2. The Balaban J connectivity index is 2.08. The molecule has 2 rings (SSSR count). The highest BCUT2D eigenvalue weighted by atomic mass is 35.5. The number of carbonyl (C=O) groups excluding carboxylic acids is 2. The van der Waals surface area contributed by atoms with Crippen molar-refractivity contribution in [2.24, 2.45) is 0 Å². The maximum atomic E-state index is 12.1. The van der Waals surface area contributed by atoms with Gasteiger partial charge in [-0.15, -0.1) is 0 Å². The molecule has 0 N–H and O–H groups in total. The molecule has 1 saturated heterocycles. The monoisotopic (exact) mass is 251 g/mol. The number of halogens is 1. The van der Waals surface area contributed by atoms with Crippen LogP contribution in [0.15, 0.2) is 24.3 Å². The van der Waals surface area contributed by atoms with Crippen molar-refractivity contribution in [2.75, 3.05) is 13.1 Å². The molecule has 0 bridgehead atoms. The highest BCUT2D eigenvalue weighted by Crippen LogP contribution is 2.14. The second-order valence-electron chi connectivity index (χ2n) is 4.19. The summed E-state index contributed by atoms with van der Waals surface area (Å²) < 4.78 is 0. The van der Waals surface area contributed by atoms with Crippen LogP contribution in [0.5, 0.6) is 0 Å². The normalized spacial score (nSPS) is 16.8.